The van der Waals surface area contributed by atoms with Crippen LogP contribution in [0.25, 0.3) is 0 Å². The molecule has 0 spiro atoms. The molecule has 3 N–H and O–H groups in total. The standard InChI is InChI=1S/C12H17N7O2S/c1-7-13-10(16-15-7)8-4-2-3-5-19(8)9(20)6-22-12-14-11(21)17-18-12/h8H,2-6H2,1H3,(H,13,15,16)(H2,14,17,18,21). The first kappa shape index (κ1) is 14.8. The highest BCUT2D eigenvalue weighted by Gasteiger charge is 2.30. The number of aromatic amines is 3. The number of rotatable bonds is 4. The van der Waals surface area contributed by atoms with Crippen molar-refractivity contribution in [1.29, 1.82) is 0 Å². The van der Waals surface area contributed by atoms with Gasteiger partial charge in [0.1, 0.15) is 5.82 Å². The molecule has 1 fully saturated rings. The lowest BCUT2D eigenvalue weighted by Gasteiger charge is -2.33. The van der Waals surface area contributed by atoms with Gasteiger partial charge in [-0.3, -0.25) is 14.9 Å². The van der Waals surface area contributed by atoms with Gasteiger partial charge >= 0.3 is 5.69 Å². The highest BCUT2D eigenvalue weighted by Crippen LogP contribution is 2.29. The van der Waals surface area contributed by atoms with Gasteiger partial charge in [-0.25, -0.2) is 14.9 Å². The van der Waals surface area contributed by atoms with E-state index < -0.39 is 0 Å². The van der Waals surface area contributed by atoms with Gasteiger partial charge in [0.2, 0.25) is 5.91 Å². The van der Waals surface area contributed by atoms with E-state index in [1.807, 2.05) is 11.8 Å². The maximum Gasteiger partial charge on any atom is 0.341 e. The average molecular weight is 323 g/mol. The molecule has 10 heteroatoms. The minimum absolute atomic E-state index is 0.000928. The smallest absolute Gasteiger partial charge is 0.332 e. The third-order valence-corrected chi connectivity index (χ3v) is 4.41. The Kier molecular flexibility index (Phi) is 4.27. The minimum Gasteiger partial charge on any atom is -0.332 e. The molecule has 1 aliphatic heterocycles. The van der Waals surface area contributed by atoms with Crippen LogP contribution >= 0.6 is 11.8 Å². The Bertz CT molecular complexity index is 706. The highest BCUT2D eigenvalue weighted by atomic mass is 32.2. The van der Waals surface area contributed by atoms with Gasteiger partial charge in [-0.2, -0.15) is 5.10 Å². The van der Waals surface area contributed by atoms with Crippen LogP contribution in [0.1, 0.15) is 37.0 Å². The van der Waals surface area contributed by atoms with E-state index in [1.165, 1.54) is 11.8 Å². The number of aromatic nitrogens is 6. The van der Waals surface area contributed by atoms with Gasteiger partial charge in [0, 0.05) is 6.54 Å². The van der Waals surface area contributed by atoms with E-state index in [9.17, 15) is 9.59 Å². The fourth-order valence-corrected chi connectivity index (χ4v) is 3.24. The summed E-state index contributed by atoms with van der Waals surface area (Å²) in [4.78, 5) is 32.2. The number of carbonyl (C=O) groups excluding carboxylic acids is 1. The number of H-pyrrole nitrogens is 3. The van der Waals surface area contributed by atoms with Gasteiger partial charge in [-0.15, -0.1) is 5.10 Å². The number of carbonyl (C=O) groups is 1. The molecule has 1 atom stereocenters. The van der Waals surface area contributed by atoms with Gasteiger partial charge < -0.3 is 4.90 Å². The second-order valence-electron chi connectivity index (χ2n) is 5.15. The molecule has 3 rings (SSSR count). The van der Waals surface area contributed by atoms with Gasteiger partial charge in [0.15, 0.2) is 11.0 Å². The first-order chi connectivity index (χ1) is 10.6. The maximum absolute atomic E-state index is 12.5. The van der Waals surface area contributed by atoms with Crippen molar-refractivity contribution in [3.63, 3.8) is 0 Å². The van der Waals surface area contributed by atoms with E-state index in [4.69, 9.17) is 0 Å². The molecule has 2 aromatic rings. The monoisotopic (exact) mass is 323 g/mol. The van der Waals surface area contributed by atoms with E-state index >= 15 is 0 Å². The Morgan fingerprint density at radius 1 is 1.36 bits per heavy atom. The van der Waals surface area contributed by atoms with Crippen LogP contribution in [0.5, 0.6) is 0 Å². The van der Waals surface area contributed by atoms with Crippen molar-refractivity contribution in [2.45, 2.75) is 37.4 Å². The number of hydrogen-bond donors (Lipinski definition) is 3. The second kappa shape index (κ2) is 6.34. The first-order valence-electron chi connectivity index (χ1n) is 7.09. The fourth-order valence-electron chi connectivity index (χ4n) is 2.54. The zero-order chi connectivity index (χ0) is 15.5. The van der Waals surface area contributed by atoms with Gasteiger partial charge in [-0.05, 0) is 26.2 Å². The quantitative estimate of drug-likeness (QED) is 0.698. The maximum atomic E-state index is 12.5. The molecule has 9 nitrogen and oxygen atoms in total. The molecule has 2 aromatic heterocycles. The zero-order valence-electron chi connectivity index (χ0n) is 12.1. The molecule has 0 radical (unpaired) electrons. The summed E-state index contributed by atoms with van der Waals surface area (Å²) in [6.07, 6.45) is 2.91. The number of hydrogen-bond acceptors (Lipinski definition) is 6. The van der Waals surface area contributed by atoms with Crippen LogP contribution in [-0.4, -0.2) is 53.5 Å². The van der Waals surface area contributed by atoms with Gasteiger partial charge in [0.05, 0.1) is 11.8 Å². The molecule has 0 bridgehead atoms. The molecule has 1 unspecified atom stereocenters. The molecule has 0 aliphatic carbocycles. The van der Waals surface area contributed by atoms with Crippen LogP contribution in [0.4, 0.5) is 0 Å². The third-order valence-electron chi connectivity index (χ3n) is 3.55. The number of nitrogens with zero attached hydrogens (tertiary/aromatic N) is 4. The summed E-state index contributed by atoms with van der Waals surface area (Å²) in [6.45, 7) is 2.55. The normalized spacial score (nSPS) is 18.6. The molecule has 118 valence electrons. The van der Waals surface area contributed by atoms with E-state index in [1.54, 1.807) is 0 Å². The fraction of sp³-hybridized carbons (Fsp3) is 0.583. The van der Waals surface area contributed by atoms with E-state index in [0.717, 1.165) is 25.1 Å². The largest absolute Gasteiger partial charge is 0.341 e. The van der Waals surface area contributed by atoms with Crippen molar-refractivity contribution in [3.05, 3.63) is 22.1 Å². The molecule has 0 saturated carbocycles. The van der Waals surface area contributed by atoms with Crippen LogP contribution in [0.15, 0.2) is 9.95 Å². The van der Waals surface area contributed by atoms with Crippen LogP contribution in [-0.2, 0) is 4.79 Å². The Labute approximate surface area is 130 Å². The summed E-state index contributed by atoms with van der Waals surface area (Å²) in [6, 6.07) is -0.0787. The van der Waals surface area contributed by atoms with E-state index in [2.05, 4.69) is 30.4 Å². The van der Waals surface area contributed by atoms with Gasteiger partial charge in [-0.1, -0.05) is 11.8 Å². The Balaban J connectivity index is 1.67. The molecule has 22 heavy (non-hydrogen) atoms. The molecular weight excluding hydrogens is 306 g/mol. The number of aryl methyl sites for hydroxylation is 1. The SMILES string of the molecule is Cc1nc(C2CCCCN2C(=O)CSc2n[nH]c(=O)[nH]2)n[nH]1. The Hall–Kier alpha value is -2.10. The van der Waals surface area contributed by atoms with Crippen molar-refractivity contribution in [3.8, 4) is 0 Å². The lowest BCUT2D eigenvalue weighted by atomic mass is 10.0. The Morgan fingerprint density at radius 3 is 2.91 bits per heavy atom. The molecule has 1 aliphatic rings. The lowest BCUT2D eigenvalue weighted by Crippen LogP contribution is -2.40. The predicted molar refractivity (Wildman–Crippen MR) is 79.4 cm³/mol. The molecular formula is C12H17N7O2S. The molecule has 0 aromatic carbocycles. The number of amides is 1. The first-order valence-corrected chi connectivity index (χ1v) is 8.08. The Morgan fingerprint density at radius 2 is 2.23 bits per heavy atom. The second-order valence-corrected chi connectivity index (χ2v) is 6.11. The lowest BCUT2D eigenvalue weighted by molar-refractivity contribution is -0.132. The van der Waals surface area contributed by atoms with Crippen molar-refractivity contribution in [2.24, 2.45) is 0 Å². The number of piperidine rings is 1. The molecule has 3 heterocycles. The van der Waals surface area contributed by atoms with Crippen molar-refractivity contribution < 1.29 is 4.79 Å². The number of thioether (sulfide) groups is 1. The molecule has 1 saturated heterocycles. The summed E-state index contributed by atoms with van der Waals surface area (Å²) in [5.74, 6) is 1.64. The van der Waals surface area contributed by atoms with Crippen molar-refractivity contribution >= 4 is 17.7 Å². The summed E-state index contributed by atoms with van der Waals surface area (Å²) in [5.41, 5.74) is -0.373. The molecule has 1 amide bonds. The highest BCUT2D eigenvalue weighted by molar-refractivity contribution is 7.99. The topological polar surface area (TPSA) is 123 Å². The zero-order valence-corrected chi connectivity index (χ0v) is 12.9. The van der Waals surface area contributed by atoms with Crippen molar-refractivity contribution in [2.75, 3.05) is 12.3 Å². The third kappa shape index (κ3) is 3.21. The minimum atomic E-state index is -0.373. The number of likely N-dealkylation sites (tertiary alicyclic amines) is 1. The summed E-state index contributed by atoms with van der Waals surface area (Å²) >= 11 is 1.21. The van der Waals surface area contributed by atoms with Gasteiger partial charge in [0.25, 0.3) is 0 Å². The van der Waals surface area contributed by atoms with Crippen LogP contribution in [0, 0.1) is 6.92 Å². The average Bonchev–Trinajstić information content (AvgIpc) is 3.13. The summed E-state index contributed by atoms with van der Waals surface area (Å²) in [7, 11) is 0. The van der Waals surface area contributed by atoms with Crippen LogP contribution in [0.3, 0.4) is 0 Å². The summed E-state index contributed by atoms with van der Waals surface area (Å²) < 4.78 is 0. The van der Waals surface area contributed by atoms with Crippen LogP contribution in [0.2, 0.25) is 0 Å². The predicted octanol–water partition coefficient (Wildman–Crippen LogP) is 0.370. The van der Waals surface area contributed by atoms with E-state index in [0.29, 0.717) is 17.5 Å². The van der Waals surface area contributed by atoms with E-state index in [-0.39, 0.29) is 23.4 Å². The van der Waals surface area contributed by atoms with Crippen LogP contribution < -0.4 is 5.69 Å². The summed E-state index contributed by atoms with van der Waals surface area (Å²) in [5, 5.41) is 13.5. The number of nitrogens with one attached hydrogen (secondary N) is 3. The van der Waals surface area contributed by atoms with Crippen molar-refractivity contribution in [1.82, 2.24) is 35.3 Å².